The summed E-state index contributed by atoms with van der Waals surface area (Å²) in [4.78, 5) is 38.0. The molecule has 136 valence electrons. The summed E-state index contributed by atoms with van der Waals surface area (Å²) in [6.07, 6.45) is 2.07. The molecule has 4 rings (SSSR count). The van der Waals surface area contributed by atoms with Crippen molar-refractivity contribution in [1.82, 2.24) is 14.8 Å². The Morgan fingerprint density at radius 1 is 0.963 bits per heavy atom. The van der Waals surface area contributed by atoms with Crippen molar-refractivity contribution < 1.29 is 14.4 Å². The zero-order valence-corrected chi connectivity index (χ0v) is 14.9. The molecule has 2 heterocycles. The molecule has 0 unspecified atom stereocenters. The minimum atomic E-state index is -0.336. The highest BCUT2D eigenvalue weighted by molar-refractivity contribution is 6.21. The highest BCUT2D eigenvalue weighted by Crippen LogP contribution is 2.23. The zero-order chi connectivity index (χ0) is 19.0. The number of carbonyl (C=O) groups is 3. The largest absolute Gasteiger partial charge is 0.352 e. The van der Waals surface area contributed by atoms with E-state index in [0.29, 0.717) is 17.7 Å². The summed E-state index contributed by atoms with van der Waals surface area (Å²) in [5.41, 5.74) is 2.94. The lowest BCUT2D eigenvalue weighted by Gasteiger charge is -2.13. The van der Waals surface area contributed by atoms with Crippen LogP contribution in [0.4, 0.5) is 0 Å². The van der Waals surface area contributed by atoms with Gasteiger partial charge in [-0.3, -0.25) is 19.3 Å². The Balaban J connectivity index is 1.37. The molecule has 3 amide bonds. The second-order valence-corrected chi connectivity index (χ2v) is 6.62. The molecule has 0 radical (unpaired) electrons. The van der Waals surface area contributed by atoms with E-state index in [2.05, 4.69) is 5.32 Å². The number of hydrogen-bond acceptors (Lipinski definition) is 3. The standard InChI is InChI=1S/C21H19N3O3/c1-23-13-14(15-6-4-5-9-18(15)23)12-22-19(25)10-11-24-20(26)16-7-2-3-8-17(16)21(24)27/h2-9,13H,10-12H2,1H3,(H,22,25). The number of hydrogen-bond donors (Lipinski definition) is 1. The highest BCUT2D eigenvalue weighted by Gasteiger charge is 2.34. The topological polar surface area (TPSA) is 71.4 Å². The highest BCUT2D eigenvalue weighted by atomic mass is 16.2. The summed E-state index contributed by atoms with van der Waals surface area (Å²) >= 11 is 0. The Morgan fingerprint density at radius 2 is 1.59 bits per heavy atom. The summed E-state index contributed by atoms with van der Waals surface area (Å²) in [5, 5.41) is 3.98. The van der Waals surface area contributed by atoms with E-state index in [-0.39, 0.29) is 30.7 Å². The molecule has 0 atom stereocenters. The molecular weight excluding hydrogens is 342 g/mol. The Morgan fingerprint density at radius 3 is 2.30 bits per heavy atom. The number of fused-ring (bicyclic) bond motifs is 2. The molecule has 0 saturated carbocycles. The quantitative estimate of drug-likeness (QED) is 0.710. The molecular formula is C21H19N3O3. The molecule has 2 aromatic carbocycles. The first kappa shape index (κ1) is 17.0. The molecule has 6 nitrogen and oxygen atoms in total. The van der Waals surface area contributed by atoms with Crippen LogP contribution in [0, 0.1) is 0 Å². The van der Waals surface area contributed by atoms with Crippen LogP contribution in [-0.4, -0.2) is 33.7 Å². The summed E-state index contributed by atoms with van der Waals surface area (Å²) in [6.45, 7) is 0.482. The Bertz CT molecular complexity index is 1030. The minimum Gasteiger partial charge on any atom is -0.352 e. The van der Waals surface area contributed by atoms with Crippen molar-refractivity contribution in [3.63, 3.8) is 0 Å². The van der Waals surface area contributed by atoms with E-state index in [1.807, 2.05) is 42.1 Å². The fourth-order valence-corrected chi connectivity index (χ4v) is 3.50. The predicted octanol–water partition coefficient (Wildman–Crippen LogP) is 2.48. The van der Waals surface area contributed by atoms with Gasteiger partial charge in [-0.1, -0.05) is 30.3 Å². The van der Waals surface area contributed by atoms with Gasteiger partial charge in [0.1, 0.15) is 0 Å². The van der Waals surface area contributed by atoms with Crippen LogP contribution in [0.25, 0.3) is 10.9 Å². The Hall–Kier alpha value is -3.41. The van der Waals surface area contributed by atoms with Gasteiger partial charge in [0, 0.05) is 43.7 Å². The third kappa shape index (κ3) is 2.99. The van der Waals surface area contributed by atoms with Crippen LogP contribution in [0.15, 0.2) is 54.7 Å². The number of rotatable bonds is 5. The van der Waals surface area contributed by atoms with Gasteiger partial charge in [0.25, 0.3) is 11.8 Å². The number of para-hydroxylation sites is 1. The summed E-state index contributed by atoms with van der Waals surface area (Å²) < 4.78 is 2.02. The fourth-order valence-electron chi connectivity index (χ4n) is 3.50. The van der Waals surface area contributed by atoms with E-state index in [1.165, 1.54) is 0 Å². The molecule has 1 N–H and O–H groups in total. The zero-order valence-electron chi connectivity index (χ0n) is 14.9. The van der Waals surface area contributed by atoms with Crippen LogP contribution >= 0.6 is 0 Å². The fraction of sp³-hybridized carbons (Fsp3) is 0.190. The number of benzene rings is 2. The van der Waals surface area contributed by atoms with Crippen LogP contribution in [0.5, 0.6) is 0 Å². The number of aromatic nitrogens is 1. The van der Waals surface area contributed by atoms with E-state index >= 15 is 0 Å². The first-order valence-electron chi connectivity index (χ1n) is 8.81. The van der Waals surface area contributed by atoms with Crippen LogP contribution in [0.1, 0.15) is 32.7 Å². The summed E-state index contributed by atoms with van der Waals surface area (Å²) in [7, 11) is 1.97. The van der Waals surface area contributed by atoms with Gasteiger partial charge in [-0.15, -0.1) is 0 Å². The maximum absolute atomic E-state index is 12.3. The maximum atomic E-state index is 12.3. The predicted molar refractivity (Wildman–Crippen MR) is 101 cm³/mol. The number of imide groups is 1. The van der Waals surface area contributed by atoms with Gasteiger partial charge in [-0.25, -0.2) is 0 Å². The molecule has 0 spiro atoms. The lowest BCUT2D eigenvalue weighted by Crippen LogP contribution is -2.34. The molecule has 0 saturated heterocycles. The van der Waals surface area contributed by atoms with Gasteiger partial charge in [0.2, 0.25) is 5.91 Å². The molecule has 1 aliphatic rings. The number of amides is 3. The average Bonchev–Trinajstić information content (AvgIpc) is 3.14. The van der Waals surface area contributed by atoms with E-state index in [0.717, 1.165) is 21.4 Å². The molecule has 27 heavy (non-hydrogen) atoms. The number of nitrogens with one attached hydrogen (secondary N) is 1. The third-order valence-electron chi connectivity index (χ3n) is 4.90. The van der Waals surface area contributed by atoms with Crippen LogP contribution in [0.3, 0.4) is 0 Å². The minimum absolute atomic E-state index is 0.0771. The van der Waals surface area contributed by atoms with Gasteiger partial charge >= 0.3 is 0 Å². The maximum Gasteiger partial charge on any atom is 0.261 e. The molecule has 6 heteroatoms. The van der Waals surface area contributed by atoms with E-state index in [4.69, 9.17) is 0 Å². The molecule has 0 fully saturated rings. The van der Waals surface area contributed by atoms with Crippen molar-refractivity contribution in [1.29, 1.82) is 0 Å². The van der Waals surface area contributed by atoms with Crippen molar-refractivity contribution in [2.45, 2.75) is 13.0 Å². The smallest absolute Gasteiger partial charge is 0.261 e. The SMILES string of the molecule is Cn1cc(CNC(=O)CCN2C(=O)c3ccccc3C2=O)c2ccccc21. The first-order valence-corrected chi connectivity index (χ1v) is 8.81. The van der Waals surface area contributed by atoms with Gasteiger partial charge < -0.3 is 9.88 Å². The molecule has 1 aromatic heterocycles. The van der Waals surface area contributed by atoms with Crippen molar-refractivity contribution in [3.05, 3.63) is 71.4 Å². The van der Waals surface area contributed by atoms with Gasteiger partial charge in [0.15, 0.2) is 0 Å². The molecule has 0 aliphatic carbocycles. The number of carbonyl (C=O) groups excluding carboxylic acids is 3. The van der Waals surface area contributed by atoms with Crippen LogP contribution in [-0.2, 0) is 18.4 Å². The van der Waals surface area contributed by atoms with Crippen molar-refractivity contribution in [3.8, 4) is 0 Å². The van der Waals surface area contributed by atoms with Crippen molar-refractivity contribution >= 4 is 28.6 Å². The van der Waals surface area contributed by atoms with E-state index in [9.17, 15) is 14.4 Å². The lowest BCUT2D eigenvalue weighted by atomic mass is 10.1. The first-order chi connectivity index (χ1) is 13.1. The summed E-state index contributed by atoms with van der Waals surface area (Å²) in [6, 6.07) is 14.7. The Labute approximate surface area is 156 Å². The van der Waals surface area contributed by atoms with E-state index < -0.39 is 0 Å². The lowest BCUT2D eigenvalue weighted by molar-refractivity contribution is -0.121. The normalized spacial score (nSPS) is 13.3. The summed E-state index contributed by atoms with van der Waals surface area (Å²) in [5.74, 6) is -0.866. The monoisotopic (exact) mass is 361 g/mol. The van der Waals surface area contributed by atoms with Gasteiger partial charge in [0.05, 0.1) is 11.1 Å². The number of aryl methyl sites for hydroxylation is 1. The van der Waals surface area contributed by atoms with Crippen molar-refractivity contribution in [2.24, 2.45) is 7.05 Å². The molecule has 3 aromatic rings. The van der Waals surface area contributed by atoms with E-state index in [1.54, 1.807) is 24.3 Å². The van der Waals surface area contributed by atoms with Gasteiger partial charge in [-0.2, -0.15) is 0 Å². The second-order valence-electron chi connectivity index (χ2n) is 6.62. The molecule has 0 bridgehead atoms. The second kappa shape index (κ2) is 6.72. The molecule has 1 aliphatic heterocycles. The van der Waals surface area contributed by atoms with Gasteiger partial charge in [-0.05, 0) is 23.8 Å². The number of nitrogens with zero attached hydrogens (tertiary/aromatic N) is 2. The Kier molecular flexibility index (Phi) is 4.24. The average molecular weight is 361 g/mol. The van der Waals surface area contributed by atoms with Crippen LogP contribution < -0.4 is 5.32 Å². The van der Waals surface area contributed by atoms with Crippen LogP contribution in [0.2, 0.25) is 0 Å². The van der Waals surface area contributed by atoms with Crippen molar-refractivity contribution in [2.75, 3.05) is 6.54 Å². The third-order valence-corrected chi connectivity index (χ3v) is 4.90.